The van der Waals surface area contributed by atoms with E-state index in [0.717, 1.165) is 6.26 Å². The van der Waals surface area contributed by atoms with E-state index in [9.17, 15) is 26.4 Å². The molecule has 3 heterocycles. The maximum atomic E-state index is 13.7. The first kappa shape index (κ1) is 24.7. The number of aromatic nitrogens is 3. The van der Waals surface area contributed by atoms with Crippen LogP contribution in [0, 0.1) is 0 Å². The van der Waals surface area contributed by atoms with Crippen molar-refractivity contribution in [3.05, 3.63) is 59.4 Å². The Bertz CT molecular complexity index is 1480. The summed E-state index contributed by atoms with van der Waals surface area (Å²) in [5.74, 6) is -0.621. The molecule has 0 radical (unpaired) electrons. The van der Waals surface area contributed by atoms with Gasteiger partial charge in [-0.15, -0.1) is 0 Å². The van der Waals surface area contributed by atoms with Crippen LogP contribution in [0.4, 0.5) is 42.1 Å². The molecule has 0 saturated heterocycles. The van der Waals surface area contributed by atoms with Gasteiger partial charge in [-0.05, 0) is 31.0 Å². The van der Waals surface area contributed by atoms with Crippen molar-refractivity contribution in [1.29, 1.82) is 0 Å². The van der Waals surface area contributed by atoms with Gasteiger partial charge in [0.15, 0.2) is 0 Å². The van der Waals surface area contributed by atoms with Crippen LogP contribution in [0.15, 0.2) is 42.7 Å². The van der Waals surface area contributed by atoms with Gasteiger partial charge in [0.05, 0.1) is 12.7 Å². The Morgan fingerprint density at radius 3 is 2.65 bits per heavy atom. The van der Waals surface area contributed by atoms with Crippen LogP contribution in [-0.4, -0.2) is 41.6 Å². The van der Waals surface area contributed by atoms with Gasteiger partial charge in [-0.3, -0.25) is 9.10 Å². The second-order valence-electron chi connectivity index (χ2n) is 8.76. The van der Waals surface area contributed by atoms with Crippen LogP contribution in [0.3, 0.4) is 0 Å². The van der Waals surface area contributed by atoms with E-state index in [4.69, 9.17) is 0 Å². The lowest BCUT2D eigenvalue weighted by molar-refractivity contribution is -0.137. The highest BCUT2D eigenvalue weighted by molar-refractivity contribution is 7.92. The van der Waals surface area contributed by atoms with Crippen molar-refractivity contribution in [3.63, 3.8) is 0 Å². The number of benzene rings is 1. The summed E-state index contributed by atoms with van der Waals surface area (Å²) in [6.07, 6.45) is -0.0844. The van der Waals surface area contributed by atoms with Gasteiger partial charge in [0.1, 0.15) is 17.2 Å². The summed E-state index contributed by atoms with van der Waals surface area (Å²) in [6.45, 7) is -0.166. The molecule has 14 heteroatoms. The zero-order chi connectivity index (χ0) is 26.4. The van der Waals surface area contributed by atoms with Gasteiger partial charge in [-0.2, -0.15) is 18.2 Å². The number of carbonyl (C=O) groups excluding carboxylic acids is 1. The number of rotatable bonds is 8. The maximum Gasteiger partial charge on any atom is 0.421 e. The third kappa shape index (κ3) is 5.28. The van der Waals surface area contributed by atoms with Crippen molar-refractivity contribution in [3.8, 4) is 0 Å². The maximum absolute atomic E-state index is 13.7. The molecule has 0 atom stereocenters. The molecule has 2 aliphatic rings. The summed E-state index contributed by atoms with van der Waals surface area (Å²) in [6, 6.07) is 8.04. The quantitative estimate of drug-likeness (QED) is 0.400. The lowest BCUT2D eigenvalue weighted by atomic mass is 10.1. The van der Waals surface area contributed by atoms with E-state index in [1.165, 1.54) is 10.5 Å². The largest absolute Gasteiger partial charge is 0.421 e. The summed E-state index contributed by atoms with van der Waals surface area (Å²) in [5, 5.41) is 8.29. The fourth-order valence-corrected chi connectivity index (χ4v) is 5.36. The Balaban J connectivity index is 1.44. The molecule has 1 aromatic carbocycles. The third-order valence-corrected chi connectivity index (χ3v) is 7.07. The average Bonchev–Trinajstić information content (AvgIpc) is 3.56. The van der Waals surface area contributed by atoms with Crippen molar-refractivity contribution in [2.24, 2.45) is 0 Å². The normalized spacial score (nSPS) is 15.2. The van der Waals surface area contributed by atoms with Crippen LogP contribution in [0.2, 0.25) is 0 Å². The minimum Gasteiger partial charge on any atom is -0.365 e. The number of hydrogen-bond donors (Lipinski definition) is 3. The molecule has 1 aliphatic carbocycles. The van der Waals surface area contributed by atoms with E-state index in [0.29, 0.717) is 41.5 Å². The van der Waals surface area contributed by atoms with Crippen LogP contribution >= 0.6 is 0 Å². The molecule has 37 heavy (non-hydrogen) atoms. The number of hydrogen-bond acceptors (Lipinski definition) is 8. The lowest BCUT2D eigenvalue weighted by Gasteiger charge is -2.23. The summed E-state index contributed by atoms with van der Waals surface area (Å²) in [4.78, 5) is 23.9. The molecule has 1 amide bonds. The molecule has 1 saturated carbocycles. The van der Waals surface area contributed by atoms with Gasteiger partial charge in [-0.25, -0.2) is 18.4 Å². The number of alkyl halides is 3. The SMILES string of the molecule is CS(=O)(=O)N(c1ncccc1CNc1nc(Nc2cccc3c2CC(=O)N3)ncc1C(F)(F)F)C1CC1. The lowest BCUT2D eigenvalue weighted by Crippen LogP contribution is -2.33. The number of nitrogens with zero attached hydrogens (tertiary/aromatic N) is 4. The Kier molecular flexibility index (Phi) is 6.14. The number of amides is 1. The highest BCUT2D eigenvalue weighted by Gasteiger charge is 2.38. The summed E-state index contributed by atoms with van der Waals surface area (Å²) in [5.41, 5.74) is 1.07. The van der Waals surface area contributed by atoms with E-state index in [2.05, 4.69) is 30.9 Å². The molecule has 2 aromatic heterocycles. The van der Waals surface area contributed by atoms with Gasteiger partial charge in [-0.1, -0.05) is 12.1 Å². The second kappa shape index (κ2) is 9.18. The van der Waals surface area contributed by atoms with Gasteiger partial charge in [0.2, 0.25) is 21.9 Å². The van der Waals surface area contributed by atoms with Crippen molar-refractivity contribution >= 4 is 44.9 Å². The number of nitrogens with one attached hydrogen (secondary N) is 3. The Labute approximate surface area is 210 Å². The fraction of sp³-hybridized carbons (Fsp3) is 0.304. The molecule has 0 unspecified atom stereocenters. The van der Waals surface area contributed by atoms with E-state index in [1.807, 2.05) is 0 Å². The van der Waals surface area contributed by atoms with Crippen molar-refractivity contribution in [2.75, 3.05) is 26.5 Å². The summed E-state index contributed by atoms with van der Waals surface area (Å²) < 4.78 is 67.3. The van der Waals surface area contributed by atoms with Gasteiger partial charge >= 0.3 is 6.18 Å². The highest BCUT2D eigenvalue weighted by atomic mass is 32.2. The molecular weight excluding hydrogens is 511 g/mol. The van der Waals surface area contributed by atoms with Crippen molar-refractivity contribution in [2.45, 2.75) is 38.0 Å². The van der Waals surface area contributed by atoms with E-state index in [1.54, 1.807) is 30.3 Å². The first-order valence-corrected chi connectivity index (χ1v) is 13.2. The zero-order valence-electron chi connectivity index (χ0n) is 19.5. The summed E-state index contributed by atoms with van der Waals surface area (Å²) >= 11 is 0. The van der Waals surface area contributed by atoms with Crippen LogP contribution in [0.5, 0.6) is 0 Å². The first-order valence-electron chi connectivity index (χ1n) is 11.3. The molecule has 0 spiro atoms. The molecule has 1 fully saturated rings. The smallest absolute Gasteiger partial charge is 0.365 e. The van der Waals surface area contributed by atoms with Gasteiger partial charge in [0.25, 0.3) is 0 Å². The molecule has 1 aliphatic heterocycles. The number of sulfonamides is 1. The third-order valence-electron chi connectivity index (χ3n) is 5.89. The number of fused-ring (bicyclic) bond motifs is 1. The van der Waals surface area contributed by atoms with Gasteiger partial charge in [0, 0.05) is 47.5 Å². The fourth-order valence-electron chi connectivity index (χ4n) is 4.13. The van der Waals surface area contributed by atoms with Crippen LogP contribution in [0.25, 0.3) is 0 Å². The van der Waals surface area contributed by atoms with E-state index < -0.39 is 27.6 Å². The predicted molar refractivity (Wildman–Crippen MR) is 131 cm³/mol. The number of anilines is 5. The molecule has 194 valence electrons. The monoisotopic (exact) mass is 533 g/mol. The molecule has 5 rings (SSSR count). The van der Waals surface area contributed by atoms with Gasteiger partial charge < -0.3 is 16.0 Å². The molecule has 3 aromatic rings. The topological polar surface area (TPSA) is 129 Å². The Morgan fingerprint density at radius 1 is 1.16 bits per heavy atom. The van der Waals surface area contributed by atoms with Crippen molar-refractivity contribution < 1.29 is 26.4 Å². The molecule has 10 nitrogen and oxygen atoms in total. The zero-order valence-corrected chi connectivity index (χ0v) is 20.3. The number of halogens is 3. The minimum absolute atomic E-state index is 0.106. The number of carbonyl (C=O) groups is 1. The Morgan fingerprint density at radius 2 is 1.95 bits per heavy atom. The van der Waals surface area contributed by atoms with Crippen LogP contribution < -0.4 is 20.3 Å². The highest BCUT2D eigenvalue weighted by Crippen LogP contribution is 2.37. The minimum atomic E-state index is -4.74. The van der Waals surface area contributed by atoms with Crippen LogP contribution in [-0.2, 0) is 34.0 Å². The number of pyridine rings is 1. The average molecular weight is 534 g/mol. The van der Waals surface area contributed by atoms with Crippen molar-refractivity contribution in [1.82, 2.24) is 15.0 Å². The summed E-state index contributed by atoms with van der Waals surface area (Å²) in [7, 11) is -3.64. The van der Waals surface area contributed by atoms with E-state index >= 15 is 0 Å². The molecule has 0 bridgehead atoms. The van der Waals surface area contributed by atoms with Crippen LogP contribution in [0.1, 0.15) is 29.5 Å². The predicted octanol–water partition coefficient (Wildman–Crippen LogP) is 3.67. The molecule has 3 N–H and O–H groups in total. The standard InChI is InChI=1S/C23H22F3N7O3S/c1-37(35,36)33(14-7-8-14)21-13(4-3-9-27-21)11-28-20-16(23(24,25)26)12-29-22(32-20)31-18-6-2-5-17-15(18)10-19(34)30-17/h2-6,9,12,14H,7-8,10-11H2,1H3,(H,30,34)(H2,28,29,31,32). The van der Waals surface area contributed by atoms with E-state index in [-0.39, 0.29) is 36.7 Å². The first-order chi connectivity index (χ1) is 17.5. The molecular formula is C23H22F3N7O3S. The second-order valence-corrected chi connectivity index (χ2v) is 10.6. The Hall–Kier alpha value is -3.94.